The lowest BCUT2D eigenvalue weighted by Crippen LogP contribution is -2.12. The van der Waals surface area contributed by atoms with Gasteiger partial charge in [-0.15, -0.1) is 0 Å². The highest BCUT2D eigenvalue weighted by Crippen LogP contribution is 2.25. The molecule has 3 aromatic rings. The highest BCUT2D eigenvalue weighted by Gasteiger charge is 2.16. The fourth-order valence-electron chi connectivity index (χ4n) is 2.22. The molecule has 3 rings (SSSR count). The van der Waals surface area contributed by atoms with E-state index in [1.54, 1.807) is 30.3 Å². The Morgan fingerprint density at radius 1 is 1.00 bits per heavy atom. The molecule has 0 aliphatic heterocycles. The van der Waals surface area contributed by atoms with Crippen LogP contribution in [0.25, 0.3) is 11.3 Å². The Labute approximate surface area is 140 Å². The predicted molar refractivity (Wildman–Crippen MR) is 91.5 cm³/mol. The Bertz CT molecular complexity index is 972. The number of nitrogens with one attached hydrogen (secondary N) is 1. The summed E-state index contributed by atoms with van der Waals surface area (Å²) in [5.41, 5.74) is 2.12. The van der Waals surface area contributed by atoms with Crippen molar-refractivity contribution in [2.24, 2.45) is 0 Å². The number of hydrogen-bond donors (Lipinski definition) is 1. The number of aldehydes is 1. The monoisotopic (exact) mass is 341 g/mol. The Kier molecular flexibility index (Phi) is 4.22. The minimum absolute atomic E-state index is 0.115. The molecule has 122 valence electrons. The Hall–Kier alpha value is -2.86. The van der Waals surface area contributed by atoms with E-state index >= 15 is 0 Å². The van der Waals surface area contributed by atoms with Crippen LogP contribution in [0, 0.1) is 6.92 Å². The van der Waals surface area contributed by atoms with E-state index < -0.39 is 10.0 Å². The third-order valence-electron chi connectivity index (χ3n) is 3.48. The number of carbonyl (C=O) groups is 1. The average Bonchev–Trinajstić information content (AvgIpc) is 3.06. The summed E-state index contributed by atoms with van der Waals surface area (Å²) in [6.07, 6.45) is 0.600. The van der Waals surface area contributed by atoms with Gasteiger partial charge in [0.05, 0.1) is 4.90 Å². The molecule has 0 aliphatic carbocycles. The van der Waals surface area contributed by atoms with Gasteiger partial charge in [-0.25, -0.2) is 8.42 Å². The van der Waals surface area contributed by atoms with Crippen LogP contribution in [0.5, 0.6) is 0 Å². The number of furan rings is 1. The second-order valence-corrected chi connectivity index (χ2v) is 7.00. The first-order chi connectivity index (χ1) is 11.5. The van der Waals surface area contributed by atoms with Gasteiger partial charge in [-0.3, -0.25) is 9.52 Å². The van der Waals surface area contributed by atoms with Crippen molar-refractivity contribution in [3.05, 3.63) is 72.0 Å². The molecule has 2 aromatic carbocycles. The van der Waals surface area contributed by atoms with Crippen LogP contribution in [0.4, 0.5) is 5.69 Å². The van der Waals surface area contributed by atoms with E-state index in [9.17, 15) is 13.2 Å². The minimum atomic E-state index is -3.72. The normalized spacial score (nSPS) is 11.2. The lowest BCUT2D eigenvalue weighted by atomic mass is 10.2. The second kappa shape index (κ2) is 6.33. The number of anilines is 1. The zero-order valence-electron chi connectivity index (χ0n) is 12.9. The summed E-state index contributed by atoms with van der Waals surface area (Å²) in [5.74, 6) is 0.625. The molecule has 0 aliphatic rings. The molecule has 0 saturated heterocycles. The molecular formula is C18H15NO4S. The van der Waals surface area contributed by atoms with Gasteiger partial charge in [0.25, 0.3) is 10.0 Å². The lowest BCUT2D eigenvalue weighted by molar-refractivity contribution is 0.110. The molecule has 1 heterocycles. The van der Waals surface area contributed by atoms with Crippen LogP contribution in [0.2, 0.25) is 0 Å². The third kappa shape index (κ3) is 3.38. The van der Waals surface area contributed by atoms with Crippen molar-refractivity contribution in [3.63, 3.8) is 0 Å². The fraction of sp³-hybridized carbons (Fsp3) is 0.0556. The summed E-state index contributed by atoms with van der Waals surface area (Å²) in [5, 5.41) is 0. The maximum atomic E-state index is 12.5. The van der Waals surface area contributed by atoms with Crippen LogP contribution in [-0.4, -0.2) is 14.7 Å². The molecule has 0 unspecified atom stereocenters. The first-order valence-corrected chi connectivity index (χ1v) is 8.71. The quantitative estimate of drug-likeness (QED) is 0.715. The van der Waals surface area contributed by atoms with Crippen LogP contribution in [-0.2, 0) is 10.0 Å². The number of rotatable bonds is 5. The fourth-order valence-corrected chi connectivity index (χ4v) is 3.33. The van der Waals surface area contributed by atoms with Gasteiger partial charge >= 0.3 is 0 Å². The maximum absolute atomic E-state index is 12.5. The summed E-state index contributed by atoms with van der Waals surface area (Å²) >= 11 is 0. The SMILES string of the molecule is Cc1ccc(NS(=O)(=O)c2cccc(-c3ccc(C=O)o3)c2)cc1. The zero-order chi connectivity index (χ0) is 17.2. The lowest BCUT2D eigenvalue weighted by Gasteiger charge is -2.09. The molecule has 0 amide bonds. The van der Waals surface area contributed by atoms with Crippen LogP contribution >= 0.6 is 0 Å². The van der Waals surface area contributed by atoms with E-state index in [2.05, 4.69) is 4.72 Å². The number of hydrogen-bond acceptors (Lipinski definition) is 4. The topological polar surface area (TPSA) is 76.4 Å². The van der Waals surface area contributed by atoms with Gasteiger partial charge in [0, 0.05) is 11.3 Å². The van der Waals surface area contributed by atoms with Crippen LogP contribution in [0.3, 0.4) is 0 Å². The predicted octanol–water partition coefficient (Wildman–Crippen LogP) is 3.87. The van der Waals surface area contributed by atoms with Crippen molar-refractivity contribution in [2.45, 2.75) is 11.8 Å². The molecule has 1 aromatic heterocycles. The van der Waals surface area contributed by atoms with Gasteiger partial charge in [0.1, 0.15) is 5.76 Å². The van der Waals surface area contributed by atoms with E-state index in [-0.39, 0.29) is 10.7 Å². The Morgan fingerprint density at radius 3 is 2.42 bits per heavy atom. The van der Waals surface area contributed by atoms with Crippen molar-refractivity contribution in [1.82, 2.24) is 0 Å². The van der Waals surface area contributed by atoms with E-state index in [1.807, 2.05) is 19.1 Å². The number of aryl methyl sites for hydroxylation is 1. The molecular weight excluding hydrogens is 326 g/mol. The minimum Gasteiger partial charge on any atom is -0.453 e. The maximum Gasteiger partial charge on any atom is 0.261 e. The highest BCUT2D eigenvalue weighted by molar-refractivity contribution is 7.92. The van der Waals surface area contributed by atoms with Crippen molar-refractivity contribution >= 4 is 22.0 Å². The number of carbonyl (C=O) groups excluding carboxylic acids is 1. The van der Waals surface area contributed by atoms with E-state index in [0.717, 1.165) is 5.56 Å². The van der Waals surface area contributed by atoms with Gasteiger partial charge in [-0.2, -0.15) is 0 Å². The summed E-state index contributed by atoms with van der Waals surface area (Å²) in [4.78, 5) is 10.8. The second-order valence-electron chi connectivity index (χ2n) is 5.32. The van der Waals surface area contributed by atoms with Crippen LogP contribution in [0.1, 0.15) is 16.1 Å². The van der Waals surface area contributed by atoms with Crippen molar-refractivity contribution in [3.8, 4) is 11.3 Å². The van der Waals surface area contributed by atoms with Gasteiger partial charge in [0.15, 0.2) is 12.0 Å². The standard InChI is InChI=1S/C18H15NO4S/c1-13-5-7-15(8-6-13)19-24(21,22)17-4-2-3-14(11-17)18-10-9-16(12-20)23-18/h2-12,19H,1H3. The Balaban J connectivity index is 1.92. The summed E-state index contributed by atoms with van der Waals surface area (Å²) in [7, 11) is -3.72. The molecule has 5 nitrogen and oxygen atoms in total. The summed E-state index contributed by atoms with van der Waals surface area (Å²) < 4.78 is 32.9. The first kappa shape index (κ1) is 16.0. The Morgan fingerprint density at radius 2 is 1.75 bits per heavy atom. The van der Waals surface area contributed by atoms with E-state index in [0.29, 0.717) is 23.3 Å². The molecule has 0 radical (unpaired) electrons. The van der Waals surface area contributed by atoms with Crippen molar-refractivity contribution < 1.29 is 17.6 Å². The zero-order valence-corrected chi connectivity index (χ0v) is 13.7. The molecule has 6 heteroatoms. The van der Waals surface area contributed by atoms with E-state index in [4.69, 9.17) is 4.42 Å². The van der Waals surface area contributed by atoms with Crippen LogP contribution < -0.4 is 4.72 Å². The van der Waals surface area contributed by atoms with Crippen LogP contribution in [0.15, 0.2) is 70.0 Å². The average molecular weight is 341 g/mol. The molecule has 0 fully saturated rings. The molecule has 0 bridgehead atoms. The van der Waals surface area contributed by atoms with Gasteiger partial charge in [-0.05, 0) is 43.3 Å². The highest BCUT2D eigenvalue weighted by atomic mass is 32.2. The van der Waals surface area contributed by atoms with Gasteiger partial charge in [0.2, 0.25) is 0 Å². The molecule has 0 spiro atoms. The van der Waals surface area contributed by atoms with Crippen molar-refractivity contribution in [1.29, 1.82) is 0 Å². The van der Waals surface area contributed by atoms with E-state index in [1.165, 1.54) is 18.2 Å². The van der Waals surface area contributed by atoms with Gasteiger partial charge < -0.3 is 4.42 Å². The van der Waals surface area contributed by atoms with Crippen molar-refractivity contribution in [2.75, 3.05) is 4.72 Å². The number of benzene rings is 2. The smallest absolute Gasteiger partial charge is 0.261 e. The molecule has 0 saturated carbocycles. The number of sulfonamides is 1. The summed E-state index contributed by atoms with van der Waals surface area (Å²) in [6.45, 7) is 1.93. The summed E-state index contributed by atoms with van der Waals surface area (Å²) in [6, 6.07) is 16.6. The third-order valence-corrected chi connectivity index (χ3v) is 4.85. The molecule has 24 heavy (non-hydrogen) atoms. The molecule has 1 N–H and O–H groups in total. The van der Waals surface area contributed by atoms with Gasteiger partial charge in [-0.1, -0.05) is 29.8 Å². The first-order valence-electron chi connectivity index (χ1n) is 7.23. The largest absolute Gasteiger partial charge is 0.453 e. The molecule has 0 atom stereocenters.